The largest absolute Gasteiger partial charge is 0.203 e. The van der Waals surface area contributed by atoms with Crippen LogP contribution in [-0.4, -0.2) is 0 Å². The predicted molar refractivity (Wildman–Crippen MR) is 150 cm³/mol. The first-order chi connectivity index (χ1) is 17.6. The summed E-state index contributed by atoms with van der Waals surface area (Å²) in [5.74, 6) is 2.86. The van der Waals surface area contributed by atoms with Crippen LogP contribution in [0.15, 0.2) is 43.0 Å². The van der Waals surface area contributed by atoms with E-state index in [0.29, 0.717) is 23.5 Å². The summed E-state index contributed by atoms with van der Waals surface area (Å²) in [6, 6.07) is 3.60. The molecule has 1 unspecified atom stereocenters. The van der Waals surface area contributed by atoms with E-state index in [4.69, 9.17) is 0 Å². The molecule has 0 bridgehead atoms. The number of allylic oxidation sites excluding steroid dienone is 5. The van der Waals surface area contributed by atoms with Crippen molar-refractivity contribution in [3.63, 3.8) is 0 Å². The van der Waals surface area contributed by atoms with Gasteiger partial charge in [-0.15, -0.1) is 6.58 Å². The maximum Gasteiger partial charge on any atom is 0.166 e. The molecule has 2 fully saturated rings. The molecule has 0 aromatic heterocycles. The minimum Gasteiger partial charge on any atom is -0.203 e. The highest BCUT2D eigenvalue weighted by Gasteiger charge is 2.30. The monoisotopic (exact) mass is 494 g/mol. The molecule has 0 spiro atoms. The first-order valence-electron chi connectivity index (χ1n) is 15.0. The fraction of sp³-hybridized carbons (Fsp3) is 0.647. The van der Waals surface area contributed by atoms with Gasteiger partial charge in [0, 0.05) is 5.56 Å². The zero-order chi connectivity index (χ0) is 25.3. The maximum atomic E-state index is 14.8. The molecule has 36 heavy (non-hydrogen) atoms. The summed E-state index contributed by atoms with van der Waals surface area (Å²) in [5, 5.41) is 0. The van der Waals surface area contributed by atoms with E-state index in [1.807, 2.05) is 0 Å². The lowest BCUT2D eigenvalue weighted by molar-refractivity contribution is 0.153. The van der Waals surface area contributed by atoms with E-state index in [1.165, 1.54) is 64.2 Å². The Kier molecular flexibility index (Phi) is 10.4. The molecule has 3 aliphatic carbocycles. The lowest BCUT2D eigenvalue weighted by Crippen LogP contribution is -2.25. The molecule has 0 heterocycles. The van der Waals surface area contributed by atoms with Crippen LogP contribution in [-0.2, 0) is 6.42 Å². The van der Waals surface area contributed by atoms with Crippen LogP contribution in [0.1, 0.15) is 114 Å². The van der Waals surface area contributed by atoms with Gasteiger partial charge in [-0.1, -0.05) is 62.6 Å². The van der Waals surface area contributed by atoms with Crippen molar-refractivity contribution >= 4 is 5.57 Å². The van der Waals surface area contributed by atoms with Crippen LogP contribution in [0.25, 0.3) is 5.57 Å². The summed E-state index contributed by atoms with van der Waals surface area (Å²) >= 11 is 0. The van der Waals surface area contributed by atoms with Crippen LogP contribution in [0.2, 0.25) is 0 Å². The first-order valence-corrected chi connectivity index (χ1v) is 15.0. The van der Waals surface area contributed by atoms with E-state index in [2.05, 4.69) is 37.8 Å². The molecule has 0 N–H and O–H groups in total. The van der Waals surface area contributed by atoms with Crippen LogP contribution in [0, 0.1) is 41.2 Å². The molecule has 1 aromatic rings. The molecule has 1 aromatic carbocycles. The van der Waals surface area contributed by atoms with Gasteiger partial charge in [-0.3, -0.25) is 0 Å². The normalized spacial score (nSPS) is 29.3. The third-order valence-corrected chi connectivity index (χ3v) is 9.57. The van der Waals surface area contributed by atoms with Crippen molar-refractivity contribution in [2.75, 3.05) is 0 Å². The second kappa shape index (κ2) is 13.7. The molecule has 0 amide bonds. The van der Waals surface area contributed by atoms with Crippen molar-refractivity contribution in [1.29, 1.82) is 0 Å². The van der Waals surface area contributed by atoms with Gasteiger partial charge in [-0.2, -0.15) is 0 Å². The Morgan fingerprint density at radius 2 is 1.56 bits per heavy atom. The van der Waals surface area contributed by atoms with E-state index in [-0.39, 0.29) is 0 Å². The van der Waals surface area contributed by atoms with Gasteiger partial charge < -0.3 is 0 Å². The first kappa shape index (κ1) is 27.3. The zero-order valence-corrected chi connectivity index (χ0v) is 22.6. The zero-order valence-electron chi connectivity index (χ0n) is 22.6. The van der Waals surface area contributed by atoms with Crippen molar-refractivity contribution in [2.24, 2.45) is 29.6 Å². The van der Waals surface area contributed by atoms with Gasteiger partial charge in [0.15, 0.2) is 11.6 Å². The minimum atomic E-state index is -0.647. The van der Waals surface area contributed by atoms with Gasteiger partial charge in [0.2, 0.25) is 0 Å². The lowest BCUT2D eigenvalue weighted by atomic mass is 9.68. The Morgan fingerprint density at radius 3 is 2.19 bits per heavy atom. The summed E-state index contributed by atoms with van der Waals surface area (Å²) in [5.41, 5.74) is 1.97. The molecule has 4 rings (SSSR count). The Bertz CT molecular complexity index is 894. The highest BCUT2D eigenvalue weighted by atomic mass is 19.2. The number of aryl methyl sites for hydroxylation is 1. The summed E-state index contributed by atoms with van der Waals surface area (Å²) in [6.07, 6.45) is 28.3. The molecular formula is C34H48F2. The summed E-state index contributed by atoms with van der Waals surface area (Å²) in [7, 11) is 0. The molecule has 2 heteroatoms. The standard InChI is InChI=1S/C34H48F2/c1-3-5-7-25-11-17-28(18-12-25)29-19-13-26(14-20-29)9-10-27-15-21-30(22-16-27)32-24-23-31(8-6-4-2)33(35)34(32)36/h3,9-10,21,23-29H,1,4-8,11-20,22H2,2H3. The smallest absolute Gasteiger partial charge is 0.166 e. The third kappa shape index (κ3) is 7.20. The van der Waals surface area contributed by atoms with E-state index in [9.17, 15) is 8.78 Å². The van der Waals surface area contributed by atoms with Crippen molar-refractivity contribution in [3.8, 4) is 0 Å². The highest BCUT2D eigenvalue weighted by molar-refractivity contribution is 5.67. The number of unbranched alkanes of at least 4 members (excludes halogenated alkanes) is 1. The average molecular weight is 495 g/mol. The molecule has 198 valence electrons. The molecule has 0 saturated heterocycles. The number of halogens is 2. The minimum absolute atomic E-state index is 0.475. The fourth-order valence-electron chi connectivity index (χ4n) is 7.10. The molecule has 0 radical (unpaired) electrons. The lowest BCUT2D eigenvalue weighted by Gasteiger charge is -2.37. The van der Waals surface area contributed by atoms with Crippen molar-refractivity contribution in [1.82, 2.24) is 0 Å². The Hall–Kier alpha value is -1.70. The quantitative estimate of drug-likeness (QED) is 0.284. The van der Waals surface area contributed by atoms with Crippen LogP contribution in [0.3, 0.4) is 0 Å². The number of hydrogen-bond donors (Lipinski definition) is 0. The SMILES string of the molecule is C=CCCC1CCC(C2CCC(C=CC3CC=C(c4ccc(CCCC)c(F)c4F)CC3)CC2)CC1. The third-order valence-electron chi connectivity index (χ3n) is 9.57. The Balaban J connectivity index is 1.21. The Morgan fingerprint density at radius 1 is 0.861 bits per heavy atom. The van der Waals surface area contributed by atoms with Gasteiger partial charge in [0.25, 0.3) is 0 Å². The van der Waals surface area contributed by atoms with E-state index in [1.54, 1.807) is 12.1 Å². The summed E-state index contributed by atoms with van der Waals surface area (Å²) < 4.78 is 29.3. The average Bonchev–Trinajstić information content (AvgIpc) is 2.92. The van der Waals surface area contributed by atoms with Gasteiger partial charge in [0.1, 0.15) is 0 Å². The van der Waals surface area contributed by atoms with E-state index in [0.717, 1.165) is 61.3 Å². The fourth-order valence-corrected chi connectivity index (χ4v) is 7.10. The van der Waals surface area contributed by atoms with Gasteiger partial charge in [-0.05, 0) is 124 Å². The van der Waals surface area contributed by atoms with Crippen LogP contribution in [0.5, 0.6) is 0 Å². The summed E-state index contributed by atoms with van der Waals surface area (Å²) in [4.78, 5) is 0. The molecule has 0 nitrogen and oxygen atoms in total. The van der Waals surface area contributed by atoms with Gasteiger partial charge in [-0.25, -0.2) is 8.78 Å². The summed E-state index contributed by atoms with van der Waals surface area (Å²) in [6.45, 7) is 5.96. The van der Waals surface area contributed by atoms with Crippen LogP contribution < -0.4 is 0 Å². The number of hydrogen-bond acceptors (Lipinski definition) is 0. The van der Waals surface area contributed by atoms with Gasteiger partial charge in [0.05, 0.1) is 0 Å². The Labute approximate surface area is 219 Å². The van der Waals surface area contributed by atoms with Crippen molar-refractivity contribution < 1.29 is 8.78 Å². The predicted octanol–water partition coefficient (Wildman–Crippen LogP) is 10.6. The molecule has 1 atom stereocenters. The molecule has 2 saturated carbocycles. The molecule has 0 aliphatic heterocycles. The molecule has 3 aliphatic rings. The second-order valence-electron chi connectivity index (χ2n) is 12.0. The number of benzene rings is 1. The van der Waals surface area contributed by atoms with Crippen LogP contribution >= 0.6 is 0 Å². The van der Waals surface area contributed by atoms with E-state index < -0.39 is 11.6 Å². The van der Waals surface area contributed by atoms with Gasteiger partial charge >= 0.3 is 0 Å². The number of rotatable bonds is 10. The maximum absolute atomic E-state index is 14.8. The van der Waals surface area contributed by atoms with Crippen LogP contribution in [0.4, 0.5) is 8.78 Å². The van der Waals surface area contributed by atoms with Crippen molar-refractivity contribution in [2.45, 2.75) is 110 Å². The molecular weight excluding hydrogens is 446 g/mol. The van der Waals surface area contributed by atoms with Crippen molar-refractivity contribution in [3.05, 3.63) is 65.8 Å². The van der Waals surface area contributed by atoms with E-state index >= 15 is 0 Å². The second-order valence-corrected chi connectivity index (χ2v) is 12.0. The highest BCUT2D eigenvalue weighted by Crippen LogP contribution is 2.43. The topological polar surface area (TPSA) is 0 Å².